The molecule has 4 heteroatoms. The molecule has 0 heterocycles. The Morgan fingerprint density at radius 1 is 1.22 bits per heavy atom. The Kier molecular flexibility index (Phi) is 5.62. The molecule has 0 aliphatic heterocycles. The highest BCUT2D eigenvalue weighted by atomic mass is 19.1. The van der Waals surface area contributed by atoms with E-state index >= 15 is 0 Å². The summed E-state index contributed by atoms with van der Waals surface area (Å²) < 4.78 is 18.4. The minimum absolute atomic E-state index is 0.0215. The van der Waals surface area contributed by atoms with Gasteiger partial charge in [0.1, 0.15) is 11.6 Å². The van der Waals surface area contributed by atoms with Crippen molar-refractivity contribution in [2.75, 3.05) is 13.1 Å². The molecule has 0 spiro atoms. The maximum absolute atomic E-state index is 12.8. The predicted octanol–water partition coefficient (Wildman–Crippen LogP) is 2.85. The van der Waals surface area contributed by atoms with Gasteiger partial charge in [-0.05, 0) is 44.5 Å². The maximum atomic E-state index is 12.8. The molecule has 0 bridgehead atoms. The van der Waals surface area contributed by atoms with Crippen LogP contribution in [0.25, 0.3) is 0 Å². The van der Waals surface area contributed by atoms with E-state index in [0.717, 1.165) is 0 Å². The van der Waals surface area contributed by atoms with Gasteiger partial charge in [0, 0.05) is 13.1 Å². The molecule has 3 nitrogen and oxygen atoms in total. The fraction of sp³-hybridized carbons (Fsp3) is 0.500. The van der Waals surface area contributed by atoms with E-state index in [1.807, 2.05) is 20.8 Å². The van der Waals surface area contributed by atoms with Gasteiger partial charge in [-0.2, -0.15) is 0 Å². The van der Waals surface area contributed by atoms with E-state index in [0.29, 0.717) is 25.3 Å². The van der Waals surface area contributed by atoms with Crippen LogP contribution in [0.2, 0.25) is 0 Å². The van der Waals surface area contributed by atoms with Gasteiger partial charge in [-0.3, -0.25) is 4.79 Å². The zero-order valence-corrected chi connectivity index (χ0v) is 11.1. The van der Waals surface area contributed by atoms with E-state index in [4.69, 9.17) is 4.74 Å². The Labute approximate surface area is 108 Å². The molecule has 18 heavy (non-hydrogen) atoms. The molecule has 0 saturated heterocycles. The van der Waals surface area contributed by atoms with Crippen LogP contribution in [-0.4, -0.2) is 30.0 Å². The largest absolute Gasteiger partial charge is 0.481 e. The Balaban J connectivity index is 2.72. The van der Waals surface area contributed by atoms with Crippen LogP contribution in [0, 0.1) is 5.82 Å². The lowest BCUT2D eigenvalue weighted by Crippen LogP contribution is -2.41. The lowest BCUT2D eigenvalue weighted by Gasteiger charge is -2.25. The highest BCUT2D eigenvalue weighted by Gasteiger charge is 2.22. The summed E-state index contributed by atoms with van der Waals surface area (Å²) in [5, 5.41) is 0. The summed E-state index contributed by atoms with van der Waals surface area (Å²) in [6.45, 7) is 7.10. The molecule has 0 aliphatic carbocycles. The molecule has 1 rings (SSSR count). The molecule has 1 amide bonds. The maximum Gasteiger partial charge on any atom is 0.263 e. The van der Waals surface area contributed by atoms with Gasteiger partial charge in [0.25, 0.3) is 5.91 Å². The Morgan fingerprint density at radius 2 is 1.78 bits per heavy atom. The van der Waals surface area contributed by atoms with Crippen molar-refractivity contribution in [1.82, 2.24) is 4.90 Å². The molecular formula is C14H20FNO2. The van der Waals surface area contributed by atoms with Gasteiger partial charge in [-0.1, -0.05) is 6.92 Å². The second-order valence-electron chi connectivity index (χ2n) is 3.98. The second kappa shape index (κ2) is 6.99. The number of halogens is 1. The van der Waals surface area contributed by atoms with E-state index in [-0.39, 0.29) is 11.7 Å². The average Bonchev–Trinajstić information content (AvgIpc) is 2.39. The average molecular weight is 253 g/mol. The van der Waals surface area contributed by atoms with Gasteiger partial charge >= 0.3 is 0 Å². The van der Waals surface area contributed by atoms with Crippen LogP contribution in [0.3, 0.4) is 0 Å². The highest BCUT2D eigenvalue weighted by Crippen LogP contribution is 2.15. The molecule has 1 aromatic rings. The number of amides is 1. The first-order chi connectivity index (χ1) is 8.62. The van der Waals surface area contributed by atoms with Crippen molar-refractivity contribution in [3.8, 4) is 5.75 Å². The molecule has 0 saturated carbocycles. The number of carbonyl (C=O) groups is 1. The first-order valence-corrected chi connectivity index (χ1v) is 6.33. The summed E-state index contributed by atoms with van der Waals surface area (Å²) in [7, 11) is 0. The fourth-order valence-corrected chi connectivity index (χ4v) is 1.72. The van der Waals surface area contributed by atoms with Gasteiger partial charge < -0.3 is 9.64 Å². The van der Waals surface area contributed by atoms with Crippen molar-refractivity contribution in [1.29, 1.82) is 0 Å². The van der Waals surface area contributed by atoms with Crippen LogP contribution in [0.4, 0.5) is 4.39 Å². The summed E-state index contributed by atoms with van der Waals surface area (Å²) in [6.07, 6.45) is 0.0857. The number of hydrogen-bond acceptors (Lipinski definition) is 2. The van der Waals surface area contributed by atoms with E-state index in [1.165, 1.54) is 24.3 Å². The van der Waals surface area contributed by atoms with Gasteiger partial charge in [0.05, 0.1) is 0 Å². The van der Waals surface area contributed by atoms with Crippen molar-refractivity contribution in [3.63, 3.8) is 0 Å². The Bertz CT molecular complexity index is 374. The molecule has 0 aliphatic rings. The minimum Gasteiger partial charge on any atom is -0.481 e. The van der Waals surface area contributed by atoms with Crippen molar-refractivity contribution in [3.05, 3.63) is 30.1 Å². The van der Waals surface area contributed by atoms with Crippen LogP contribution in [0.1, 0.15) is 27.2 Å². The first-order valence-electron chi connectivity index (χ1n) is 6.33. The smallest absolute Gasteiger partial charge is 0.263 e. The quantitative estimate of drug-likeness (QED) is 0.780. The van der Waals surface area contributed by atoms with Gasteiger partial charge in [0.2, 0.25) is 0 Å². The molecule has 0 radical (unpaired) electrons. The molecule has 1 aromatic carbocycles. The molecule has 1 unspecified atom stereocenters. The summed E-state index contributed by atoms with van der Waals surface area (Å²) in [6, 6.07) is 5.72. The van der Waals surface area contributed by atoms with Crippen molar-refractivity contribution >= 4 is 5.91 Å². The number of carbonyl (C=O) groups excluding carboxylic acids is 1. The van der Waals surface area contributed by atoms with E-state index in [2.05, 4.69) is 0 Å². The number of benzene rings is 1. The molecule has 100 valence electrons. The third kappa shape index (κ3) is 3.72. The predicted molar refractivity (Wildman–Crippen MR) is 69.0 cm³/mol. The standard InChI is InChI=1S/C14H20FNO2/c1-4-13(14(17)16(5-2)6-3)18-12-9-7-11(15)8-10-12/h7-10,13H,4-6H2,1-3H3. The monoisotopic (exact) mass is 253 g/mol. The molecule has 0 aromatic heterocycles. The molecule has 0 N–H and O–H groups in total. The lowest BCUT2D eigenvalue weighted by atomic mass is 10.2. The lowest BCUT2D eigenvalue weighted by molar-refractivity contribution is -0.138. The van der Waals surface area contributed by atoms with Crippen LogP contribution in [-0.2, 0) is 4.79 Å². The Hall–Kier alpha value is -1.58. The number of rotatable bonds is 6. The zero-order chi connectivity index (χ0) is 13.5. The van der Waals surface area contributed by atoms with Crippen molar-refractivity contribution in [2.45, 2.75) is 33.3 Å². The summed E-state index contributed by atoms with van der Waals surface area (Å²) in [5.74, 6) is 0.182. The highest BCUT2D eigenvalue weighted by molar-refractivity contribution is 5.81. The molecule has 0 fully saturated rings. The summed E-state index contributed by atoms with van der Waals surface area (Å²) in [5.41, 5.74) is 0. The summed E-state index contributed by atoms with van der Waals surface area (Å²) in [4.78, 5) is 13.9. The van der Waals surface area contributed by atoms with E-state index in [1.54, 1.807) is 4.90 Å². The van der Waals surface area contributed by atoms with Crippen molar-refractivity contribution in [2.24, 2.45) is 0 Å². The fourth-order valence-electron chi connectivity index (χ4n) is 1.72. The van der Waals surface area contributed by atoms with Gasteiger partial charge in [-0.25, -0.2) is 4.39 Å². The van der Waals surface area contributed by atoms with E-state index < -0.39 is 6.10 Å². The van der Waals surface area contributed by atoms with Crippen LogP contribution in [0.5, 0.6) is 5.75 Å². The van der Waals surface area contributed by atoms with Crippen LogP contribution < -0.4 is 4.74 Å². The number of likely N-dealkylation sites (N-methyl/N-ethyl adjacent to an activating group) is 1. The minimum atomic E-state index is -0.504. The van der Waals surface area contributed by atoms with Gasteiger partial charge in [0.15, 0.2) is 6.10 Å². The first kappa shape index (κ1) is 14.5. The van der Waals surface area contributed by atoms with Crippen LogP contribution >= 0.6 is 0 Å². The third-order valence-electron chi connectivity index (χ3n) is 2.81. The third-order valence-corrected chi connectivity index (χ3v) is 2.81. The number of nitrogens with zero attached hydrogens (tertiary/aromatic N) is 1. The van der Waals surface area contributed by atoms with E-state index in [9.17, 15) is 9.18 Å². The molecular weight excluding hydrogens is 233 g/mol. The topological polar surface area (TPSA) is 29.5 Å². The number of hydrogen-bond donors (Lipinski definition) is 0. The second-order valence-corrected chi connectivity index (χ2v) is 3.98. The number of ether oxygens (including phenoxy) is 1. The van der Waals surface area contributed by atoms with Crippen LogP contribution in [0.15, 0.2) is 24.3 Å². The summed E-state index contributed by atoms with van der Waals surface area (Å²) >= 11 is 0. The SMILES string of the molecule is CCC(Oc1ccc(F)cc1)C(=O)N(CC)CC. The molecule has 1 atom stereocenters. The normalized spacial score (nSPS) is 12.0. The van der Waals surface area contributed by atoms with Gasteiger partial charge in [-0.15, -0.1) is 0 Å². The van der Waals surface area contributed by atoms with Crippen molar-refractivity contribution < 1.29 is 13.9 Å². The zero-order valence-electron chi connectivity index (χ0n) is 11.1. The Morgan fingerprint density at radius 3 is 2.22 bits per heavy atom.